The Morgan fingerprint density at radius 2 is 1.89 bits per heavy atom. The first kappa shape index (κ1) is 9.61. The molecule has 0 N–H and O–H groups in total. The molecular weight excluding hydrogens is 178 g/mol. The summed E-state index contributed by atoms with van der Waals surface area (Å²) in [5, 5.41) is 0. The summed E-state index contributed by atoms with van der Waals surface area (Å²) >= 11 is 16.3. The first-order valence-electron chi connectivity index (χ1n) is 2.69. The molecule has 0 heterocycles. The van der Waals surface area contributed by atoms with Gasteiger partial charge in [-0.25, -0.2) is 0 Å². The van der Waals surface area contributed by atoms with Gasteiger partial charge in [0, 0.05) is 5.88 Å². The highest BCUT2D eigenvalue weighted by atomic mass is 35.5. The lowest BCUT2D eigenvalue weighted by Gasteiger charge is -1.97. The number of allylic oxidation sites excluding steroid dienone is 2. The van der Waals surface area contributed by atoms with Crippen LogP contribution < -0.4 is 0 Å². The highest BCUT2D eigenvalue weighted by molar-refractivity contribution is 6.45. The molecular formula is C6H9Cl3. The van der Waals surface area contributed by atoms with E-state index in [-0.39, 0.29) is 0 Å². The summed E-state index contributed by atoms with van der Waals surface area (Å²) in [7, 11) is 0. The fourth-order valence-electron chi connectivity index (χ4n) is 0.325. The van der Waals surface area contributed by atoms with Gasteiger partial charge in [0.25, 0.3) is 0 Å². The number of halogens is 3. The van der Waals surface area contributed by atoms with Gasteiger partial charge in [0.15, 0.2) is 0 Å². The molecule has 9 heavy (non-hydrogen) atoms. The van der Waals surface area contributed by atoms with E-state index in [0.29, 0.717) is 11.8 Å². The van der Waals surface area contributed by atoms with Crippen molar-refractivity contribution < 1.29 is 0 Å². The Kier molecular flexibility index (Phi) is 5.77. The molecule has 0 aromatic rings. The molecule has 0 aliphatic carbocycles. The van der Waals surface area contributed by atoms with Crippen LogP contribution in [0.3, 0.4) is 0 Å². The van der Waals surface area contributed by atoms with Crippen molar-refractivity contribution in [3.8, 4) is 0 Å². The van der Waals surface area contributed by atoms with E-state index in [0.717, 1.165) is 0 Å². The fourth-order valence-corrected chi connectivity index (χ4v) is 0.596. The predicted molar refractivity (Wildman–Crippen MR) is 44.5 cm³/mol. The van der Waals surface area contributed by atoms with Crippen LogP contribution in [0.1, 0.15) is 6.92 Å². The van der Waals surface area contributed by atoms with Crippen molar-refractivity contribution in [1.82, 2.24) is 0 Å². The van der Waals surface area contributed by atoms with Crippen molar-refractivity contribution in [2.24, 2.45) is 5.92 Å². The van der Waals surface area contributed by atoms with Crippen LogP contribution in [0, 0.1) is 5.92 Å². The minimum atomic E-state index is -0.407. The Balaban J connectivity index is 3.43. The van der Waals surface area contributed by atoms with Crippen molar-refractivity contribution in [3.05, 3.63) is 12.2 Å². The smallest absolute Gasteiger partial charge is 0.125 e. The lowest BCUT2D eigenvalue weighted by molar-refractivity contribution is 0.839. The molecule has 0 aromatic carbocycles. The normalized spacial score (nSPS) is 15.2. The quantitative estimate of drug-likeness (QED) is 0.470. The Bertz CT molecular complexity index is 88.3. The molecule has 0 rings (SSSR count). The molecule has 0 aliphatic heterocycles. The van der Waals surface area contributed by atoms with Crippen LogP contribution >= 0.6 is 34.8 Å². The third kappa shape index (κ3) is 6.50. The largest absolute Gasteiger partial charge is 0.126 e. The topological polar surface area (TPSA) is 0 Å². The first-order valence-corrected chi connectivity index (χ1v) is 4.10. The van der Waals surface area contributed by atoms with Crippen molar-refractivity contribution in [3.63, 3.8) is 0 Å². The van der Waals surface area contributed by atoms with Gasteiger partial charge >= 0.3 is 0 Å². The molecule has 3 heteroatoms. The molecule has 0 radical (unpaired) electrons. The summed E-state index contributed by atoms with van der Waals surface area (Å²) in [6.45, 7) is 2.00. The molecule has 1 unspecified atom stereocenters. The Morgan fingerprint density at radius 1 is 1.33 bits per heavy atom. The van der Waals surface area contributed by atoms with Crippen molar-refractivity contribution >= 4 is 34.8 Å². The van der Waals surface area contributed by atoms with Gasteiger partial charge in [-0.05, 0) is 5.92 Å². The van der Waals surface area contributed by atoms with Gasteiger partial charge in [0.1, 0.15) is 4.84 Å². The standard InChI is InChI=1S/C6H9Cl3/c1-5(4-7)2-3-6(8)9/h2-3,5-6H,4H2,1H3. The van der Waals surface area contributed by atoms with Crippen LogP contribution in [-0.4, -0.2) is 10.7 Å². The molecule has 0 aliphatic rings. The molecule has 0 bridgehead atoms. The number of alkyl halides is 3. The van der Waals surface area contributed by atoms with Crippen molar-refractivity contribution in [2.75, 3.05) is 5.88 Å². The van der Waals surface area contributed by atoms with E-state index in [4.69, 9.17) is 34.8 Å². The predicted octanol–water partition coefficient (Wildman–Crippen LogP) is 3.22. The Hall–Kier alpha value is 0.610. The van der Waals surface area contributed by atoms with Gasteiger partial charge in [-0.2, -0.15) is 0 Å². The summed E-state index contributed by atoms with van der Waals surface area (Å²) in [6, 6.07) is 0. The van der Waals surface area contributed by atoms with Crippen LogP contribution in [0.5, 0.6) is 0 Å². The molecule has 0 saturated carbocycles. The van der Waals surface area contributed by atoms with Gasteiger partial charge in [-0.1, -0.05) is 19.1 Å². The van der Waals surface area contributed by atoms with Crippen LogP contribution in [0.2, 0.25) is 0 Å². The fraction of sp³-hybridized carbons (Fsp3) is 0.667. The van der Waals surface area contributed by atoms with E-state index in [9.17, 15) is 0 Å². The van der Waals surface area contributed by atoms with E-state index in [1.54, 1.807) is 6.08 Å². The lowest BCUT2D eigenvalue weighted by Crippen LogP contribution is -1.90. The van der Waals surface area contributed by atoms with E-state index in [1.165, 1.54) is 0 Å². The SMILES string of the molecule is CC(C=CC(Cl)Cl)CCl. The van der Waals surface area contributed by atoms with E-state index in [2.05, 4.69) is 0 Å². The summed E-state index contributed by atoms with van der Waals surface area (Å²) in [5.74, 6) is 0.962. The summed E-state index contributed by atoms with van der Waals surface area (Å²) in [6.07, 6.45) is 3.62. The summed E-state index contributed by atoms with van der Waals surface area (Å²) in [5.41, 5.74) is 0. The van der Waals surface area contributed by atoms with Crippen LogP contribution in [0.4, 0.5) is 0 Å². The van der Waals surface area contributed by atoms with E-state index >= 15 is 0 Å². The van der Waals surface area contributed by atoms with Gasteiger partial charge in [-0.15, -0.1) is 34.8 Å². The molecule has 0 spiro atoms. The molecule has 0 nitrogen and oxygen atoms in total. The zero-order chi connectivity index (χ0) is 7.28. The summed E-state index contributed by atoms with van der Waals surface area (Å²) < 4.78 is 0. The monoisotopic (exact) mass is 186 g/mol. The number of rotatable bonds is 3. The van der Waals surface area contributed by atoms with Gasteiger partial charge in [0.05, 0.1) is 0 Å². The lowest BCUT2D eigenvalue weighted by atomic mass is 10.2. The molecule has 1 atom stereocenters. The van der Waals surface area contributed by atoms with E-state index < -0.39 is 4.84 Å². The molecule has 0 fully saturated rings. The molecule has 0 amide bonds. The molecule has 54 valence electrons. The van der Waals surface area contributed by atoms with Crippen LogP contribution in [-0.2, 0) is 0 Å². The minimum Gasteiger partial charge on any atom is -0.126 e. The average Bonchev–Trinajstić information content (AvgIpc) is 1.83. The van der Waals surface area contributed by atoms with Gasteiger partial charge < -0.3 is 0 Å². The zero-order valence-corrected chi connectivity index (χ0v) is 7.42. The van der Waals surface area contributed by atoms with Gasteiger partial charge in [-0.3, -0.25) is 0 Å². The second-order valence-electron chi connectivity index (χ2n) is 1.85. The second kappa shape index (κ2) is 5.40. The molecule has 0 aromatic heterocycles. The highest BCUT2D eigenvalue weighted by Gasteiger charge is 1.94. The Morgan fingerprint density at radius 3 is 2.22 bits per heavy atom. The summed E-state index contributed by atoms with van der Waals surface area (Å²) in [4.78, 5) is -0.407. The maximum atomic E-state index is 5.50. The third-order valence-corrected chi connectivity index (χ3v) is 1.61. The first-order chi connectivity index (χ1) is 4.16. The van der Waals surface area contributed by atoms with Crippen LogP contribution in [0.25, 0.3) is 0 Å². The van der Waals surface area contributed by atoms with E-state index in [1.807, 2.05) is 13.0 Å². The zero-order valence-electron chi connectivity index (χ0n) is 5.15. The average molecular weight is 187 g/mol. The highest BCUT2D eigenvalue weighted by Crippen LogP contribution is 2.06. The van der Waals surface area contributed by atoms with Crippen LogP contribution in [0.15, 0.2) is 12.2 Å². The third-order valence-electron chi connectivity index (χ3n) is 0.829. The number of hydrogen-bond donors (Lipinski definition) is 0. The Labute approximate surface area is 70.8 Å². The maximum absolute atomic E-state index is 5.50. The van der Waals surface area contributed by atoms with Crippen molar-refractivity contribution in [2.45, 2.75) is 11.8 Å². The minimum absolute atomic E-state index is 0.353. The number of hydrogen-bond acceptors (Lipinski definition) is 0. The van der Waals surface area contributed by atoms with Crippen molar-refractivity contribution in [1.29, 1.82) is 0 Å². The second-order valence-corrected chi connectivity index (χ2v) is 3.32. The molecule has 0 saturated heterocycles. The van der Waals surface area contributed by atoms with Gasteiger partial charge in [0.2, 0.25) is 0 Å². The maximum Gasteiger partial charge on any atom is 0.125 e.